The number of pyridine rings is 1. The Labute approximate surface area is 214 Å². The molecule has 1 N–H and O–H groups in total. The fourth-order valence-electron chi connectivity index (χ4n) is 2.78. The smallest absolute Gasteiger partial charge is 0.377 e. The van der Waals surface area contributed by atoms with E-state index >= 15 is 0 Å². The van der Waals surface area contributed by atoms with Crippen LogP contribution in [0.4, 0.5) is 5.69 Å². The number of nitrogens with zero attached hydrogens (tertiary/aromatic N) is 3. The Kier molecular flexibility index (Phi) is 7.83. The quantitative estimate of drug-likeness (QED) is 0.215. The number of aromatic nitrogens is 1. The highest BCUT2D eigenvalue weighted by atomic mass is 35.5. The molecular formula is C21H21Cl2N4O4S3+. The van der Waals surface area contributed by atoms with Gasteiger partial charge in [0, 0.05) is 39.1 Å². The Hall–Kier alpha value is -2.31. The fraction of sp³-hybridized carbons (Fsp3) is 0.143. The summed E-state index contributed by atoms with van der Waals surface area (Å²) in [6, 6.07) is 11.5. The molecule has 0 spiro atoms. The zero-order chi connectivity index (χ0) is 25.3. The summed E-state index contributed by atoms with van der Waals surface area (Å²) in [6.07, 6.45) is 2.98. The van der Waals surface area contributed by atoms with Gasteiger partial charge in [-0.15, -0.1) is 12.6 Å². The van der Waals surface area contributed by atoms with Crippen molar-refractivity contribution in [2.45, 2.75) is 21.6 Å². The number of thiol groups is 1. The molecule has 13 heteroatoms. The number of anilines is 1. The zero-order valence-electron chi connectivity index (χ0n) is 18.3. The summed E-state index contributed by atoms with van der Waals surface area (Å²) in [7, 11) is -4.93. The number of aryl methyl sites for hydroxylation is 1. The van der Waals surface area contributed by atoms with Crippen molar-refractivity contribution in [2.24, 2.45) is 4.40 Å². The first-order valence-electron chi connectivity index (χ1n) is 9.61. The van der Waals surface area contributed by atoms with Crippen molar-refractivity contribution < 1.29 is 21.4 Å². The number of sulfonamides is 2. The summed E-state index contributed by atoms with van der Waals surface area (Å²) in [5.74, 6) is -0.458. The predicted octanol–water partition coefficient (Wildman–Crippen LogP) is 3.52. The number of hydrogen-bond acceptors (Lipinski definition) is 6. The highest BCUT2D eigenvalue weighted by Crippen LogP contribution is 2.27. The summed E-state index contributed by atoms with van der Waals surface area (Å²) in [5.41, 5.74) is 1.32. The molecule has 0 aliphatic rings. The Bertz CT molecular complexity index is 1460. The van der Waals surface area contributed by atoms with Crippen molar-refractivity contribution in [1.29, 1.82) is 0 Å². The van der Waals surface area contributed by atoms with E-state index < -0.39 is 26.0 Å². The maximum Gasteiger partial charge on any atom is 0.423 e. The molecule has 0 bridgehead atoms. The zero-order valence-corrected chi connectivity index (χ0v) is 22.3. The van der Waals surface area contributed by atoms with Gasteiger partial charge in [0.05, 0.1) is 12.4 Å². The van der Waals surface area contributed by atoms with E-state index in [2.05, 4.69) is 21.7 Å². The van der Waals surface area contributed by atoms with Crippen LogP contribution in [0.2, 0.25) is 10.0 Å². The number of halogens is 2. The first-order valence-corrected chi connectivity index (χ1v) is 13.7. The first-order chi connectivity index (χ1) is 15.8. The number of rotatable bonds is 5. The van der Waals surface area contributed by atoms with Crippen molar-refractivity contribution in [3.8, 4) is 0 Å². The number of hydrogen-bond donors (Lipinski definition) is 2. The molecule has 0 unspecified atom stereocenters. The molecule has 0 amide bonds. The minimum absolute atomic E-state index is 0.0935. The van der Waals surface area contributed by atoms with Gasteiger partial charge in [-0.3, -0.25) is 0 Å². The lowest BCUT2D eigenvalue weighted by molar-refractivity contribution is -0.558. The summed E-state index contributed by atoms with van der Waals surface area (Å²) in [4.78, 5) is 1.59. The second kappa shape index (κ2) is 10.1. The van der Waals surface area contributed by atoms with Crippen LogP contribution in [-0.2, 0) is 20.0 Å². The summed E-state index contributed by atoms with van der Waals surface area (Å²) >= 11 is 16.1. The van der Waals surface area contributed by atoms with Crippen molar-refractivity contribution in [1.82, 2.24) is 4.72 Å². The van der Waals surface area contributed by atoms with Gasteiger partial charge in [0.1, 0.15) is 9.79 Å². The second-order valence-corrected chi connectivity index (χ2v) is 12.0. The summed E-state index contributed by atoms with van der Waals surface area (Å²) in [6.45, 7) is 1.64. The molecule has 34 heavy (non-hydrogen) atoms. The summed E-state index contributed by atoms with van der Waals surface area (Å²) < 4.78 is 59.7. The van der Waals surface area contributed by atoms with Crippen LogP contribution >= 0.6 is 35.8 Å². The third-order valence-corrected chi connectivity index (χ3v) is 8.48. The Morgan fingerprint density at radius 3 is 2.15 bits per heavy atom. The normalized spacial score (nSPS) is 12.5. The third-order valence-electron chi connectivity index (χ3n) is 4.65. The minimum atomic E-state index is -4.30. The molecule has 1 aromatic heterocycles. The highest BCUT2D eigenvalue weighted by Gasteiger charge is 2.30. The van der Waals surface area contributed by atoms with E-state index in [0.717, 1.165) is 5.69 Å². The van der Waals surface area contributed by atoms with Gasteiger partial charge >= 0.3 is 26.0 Å². The van der Waals surface area contributed by atoms with E-state index in [1.54, 1.807) is 19.1 Å². The van der Waals surface area contributed by atoms with Crippen molar-refractivity contribution in [3.63, 3.8) is 0 Å². The Morgan fingerprint density at radius 2 is 1.59 bits per heavy atom. The average Bonchev–Trinajstić information content (AvgIpc) is 2.75. The Morgan fingerprint density at radius 1 is 1.00 bits per heavy atom. The van der Waals surface area contributed by atoms with Gasteiger partial charge < -0.3 is 4.90 Å². The van der Waals surface area contributed by atoms with Crippen LogP contribution in [-0.4, -0.2) is 36.9 Å². The lowest BCUT2D eigenvalue weighted by atomic mass is 10.2. The molecule has 0 saturated heterocycles. The van der Waals surface area contributed by atoms with Crippen LogP contribution in [0.25, 0.3) is 0 Å². The molecule has 8 nitrogen and oxygen atoms in total. The van der Waals surface area contributed by atoms with Gasteiger partial charge in [-0.1, -0.05) is 23.2 Å². The fourth-order valence-corrected chi connectivity index (χ4v) is 5.88. The maximum atomic E-state index is 13.2. The monoisotopic (exact) mass is 559 g/mol. The number of nitrogens with one attached hydrogen (secondary N) is 1. The topological polar surface area (TPSA) is 99.8 Å². The van der Waals surface area contributed by atoms with E-state index in [1.165, 1.54) is 53.4 Å². The van der Waals surface area contributed by atoms with Gasteiger partial charge in [-0.25, -0.2) is 4.57 Å². The van der Waals surface area contributed by atoms with Crippen molar-refractivity contribution in [2.75, 3.05) is 19.0 Å². The van der Waals surface area contributed by atoms with E-state index in [-0.39, 0.29) is 14.7 Å². The predicted molar refractivity (Wildman–Crippen MR) is 136 cm³/mol. The molecule has 0 aliphatic carbocycles. The SMILES string of the molecule is Cc1cc(S(=O)(=O)NC(=NS(=O)(=O)c2ccc(Cl)cc2)[n+]2ccc(N(C)C)cc2)c(S)cc1Cl. The van der Waals surface area contributed by atoms with Gasteiger partial charge in [0.25, 0.3) is 0 Å². The van der Waals surface area contributed by atoms with E-state index in [4.69, 9.17) is 23.2 Å². The molecule has 0 saturated carbocycles. The first kappa shape index (κ1) is 26.3. The van der Waals surface area contributed by atoms with Crippen molar-refractivity contribution in [3.05, 3.63) is 76.5 Å². The molecule has 3 aromatic rings. The standard InChI is InChI=1S/C21H20Cl2N4O4S3/c1-14-12-20(19(32)13-18(14)23)34(30,31)25-21(27-10-8-16(9-11-27)26(2)3)24-33(28,29)17-6-4-15(22)5-7-17/h4-13H,1-3H3,(H-,24,25,32)/p+1. The van der Waals surface area contributed by atoms with E-state index in [1.807, 2.05) is 19.0 Å². The lowest BCUT2D eigenvalue weighted by Gasteiger charge is -2.13. The largest absolute Gasteiger partial charge is 0.423 e. The van der Waals surface area contributed by atoms with Gasteiger partial charge in [0.2, 0.25) is 0 Å². The molecule has 0 aliphatic heterocycles. The van der Waals surface area contributed by atoms with Crippen LogP contribution in [0.5, 0.6) is 0 Å². The van der Waals surface area contributed by atoms with Crippen LogP contribution < -0.4 is 14.2 Å². The molecule has 0 radical (unpaired) electrons. The molecule has 0 atom stereocenters. The molecule has 1 heterocycles. The number of benzene rings is 2. The Balaban J connectivity index is 2.14. The second-order valence-electron chi connectivity index (χ2n) is 7.38. The van der Waals surface area contributed by atoms with E-state index in [0.29, 0.717) is 15.6 Å². The van der Waals surface area contributed by atoms with Crippen LogP contribution in [0.1, 0.15) is 5.56 Å². The third kappa shape index (κ3) is 6.02. The molecule has 180 valence electrons. The van der Waals surface area contributed by atoms with E-state index in [9.17, 15) is 16.8 Å². The molecular weight excluding hydrogens is 539 g/mol. The summed E-state index contributed by atoms with van der Waals surface area (Å²) in [5, 5.41) is 0.689. The van der Waals surface area contributed by atoms with Crippen LogP contribution in [0.15, 0.2) is 80.0 Å². The molecule has 0 fully saturated rings. The van der Waals surface area contributed by atoms with Gasteiger partial charge in [-0.05, 0) is 61.0 Å². The average molecular weight is 561 g/mol. The maximum absolute atomic E-state index is 13.2. The van der Waals surface area contributed by atoms with Gasteiger partial charge in [0.15, 0.2) is 0 Å². The van der Waals surface area contributed by atoms with Gasteiger partial charge in [-0.2, -0.15) is 21.6 Å². The molecule has 3 rings (SSSR count). The van der Waals surface area contributed by atoms with Crippen LogP contribution in [0, 0.1) is 6.92 Å². The molecule has 2 aromatic carbocycles. The highest BCUT2D eigenvalue weighted by molar-refractivity contribution is 7.91. The van der Waals surface area contributed by atoms with Crippen molar-refractivity contribution >= 4 is 67.5 Å². The minimum Gasteiger partial charge on any atom is -0.377 e. The lowest BCUT2D eigenvalue weighted by Crippen LogP contribution is -2.53. The van der Waals surface area contributed by atoms with Crippen LogP contribution in [0.3, 0.4) is 0 Å².